The fourth-order valence-electron chi connectivity index (χ4n) is 1.41. The van der Waals surface area contributed by atoms with E-state index in [9.17, 15) is 70.7 Å². The zero-order valence-corrected chi connectivity index (χ0v) is 13.8. The summed E-state index contributed by atoms with van der Waals surface area (Å²) >= 11 is 0. The molecule has 0 rings (SSSR count). The lowest BCUT2D eigenvalue weighted by atomic mass is 9.93. The summed E-state index contributed by atoms with van der Waals surface area (Å²) in [6, 6.07) is 0. The first kappa shape index (κ1) is 27.4. The van der Waals surface area contributed by atoms with Crippen LogP contribution in [0.25, 0.3) is 0 Å². The monoisotopic (exact) mass is 470 g/mol. The Bertz CT molecular complexity index is 607. The Hall–Kier alpha value is -1.58. The first-order chi connectivity index (χ1) is 12.4. The van der Waals surface area contributed by atoms with Crippen molar-refractivity contribution in [2.45, 2.75) is 62.2 Å². The van der Waals surface area contributed by atoms with Crippen molar-refractivity contribution in [1.82, 2.24) is 0 Å². The molecule has 29 heavy (non-hydrogen) atoms. The van der Waals surface area contributed by atoms with Gasteiger partial charge in [-0.05, 0) is 6.42 Å². The Morgan fingerprint density at radius 3 is 1.28 bits per heavy atom. The Kier molecular flexibility index (Phi) is 6.88. The van der Waals surface area contributed by atoms with E-state index in [1.807, 2.05) is 0 Å². The predicted octanol–water partition coefficient (Wildman–Crippen LogP) is 5.91. The first-order valence-corrected chi connectivity index (χ1v) is 6.93. The highest BCUT2D eigenvalue weighted by Crippen LogP contribution is 2.62. The normalized spacial score (nSPS) is 16.6. The molecule has 0 bridgehead atoms. The molecule has 0 radical (unpaired) electrons. The number of halogens is 15. The third-order valence-electron chi connectivity index (χ3n) is 3.54. The lowest BCUT2D eigenvalue weighted by molar-refractivity contribution is -0.468. The lowest BCUT2D eigenvalue weighted by Crippen LogP contribution is -2.73. The molecule has 0 saturated carbocycles. The van der Waals surface area contributed by atoms with Crippen LogP contribution < -0.4 is 0 Å². The third-order valence-corrected chi connectivity index (χ3v) is 3.54. The highest BCUT2D eigenvalue weighted by Gasteiger charge is 2.94. The van der Waals surface area contributed by atoms with Crippen molar-refractivity contribution in [3.05, 3.63) is 0 Å². The molecule has 0 spiro atoms. The van der Waals surface area contributed by atoms with Gasteiger partial charge in [-0.2, -0.15) is 65.9 Å². The molecule has 0 aliphatic heterocycles. The van der Waals surface area contributed by atoms with Gasteiger partial charge in [-0.1, -0.05) is 13.8 Å². The maximum Gasteiger partial charge on any atom is 0.473 e. The maximum absolute atomic E-state index is 13.3. The number of ether oxygens (including phenoxy) is 1. The number of rotatable bonds is 8. The van der Waals surface area contributed by atoms with Crippen molar-refractivity contribution in [2.75, 3.05) is 0 Å². The van der Waals surface area contributed by atoms with Crippen LogP contribution in [-0.4, -0.2) is 47.9 Å². The Balaban J connectivity index is 6.39. The summed E-state index contributed by atoms with van der Waals surface area (Å²) in [6.45, 7) is 1.74. The molecule has 0 saturated heterocycles. The Labute approximate surface area is 151 Å². The van der Waals surface area contributed by atoms with E-state index >= 15 is 0 Å². The summed E-state index contributed by atoms with van der Waals surface area (Å²) < 4.78 is 195. The first-order valence-electron chi connectivity index (χ1n) is 6.93. The zero-order chi connectivity index (χ0) is 24.1. The van der Waals surface area contributed by atoms with E-state index in [1.54, 1.807) is 0 Å². The van der Waals surface area contributed by atoms with Crippen LogP contribution in [0.2, 0.25) is 0 Å². The van der Waals surface area contributed by atoms with Crippen LogP contribution in [0.3, 0.4) is 0 Å². The Morgan fingerprint density at radius 1 is 0.655 bits per heavy atom. The standard InChI is InChI=1S/C12H9F15O2/c1-3-4(2)5(28)29-12(26,27)10(21,22)8(17,18)6(13,14)7(15,16)9(19,20)11(23,24)25/h4H,3H2,1-2H3. The largest absolute Gasteiger partial charge is 0.473 e. The van der Waals surface area contributed by atoms with E-state index in [0.29, 0.717) is 6.92 Å². The second kappa shape index (κ2) is 7.28. The van der Waals surface area contributed by atoms with Crippen molar-refractivity contribution in [1.29, 1.82) is 0 Å². The van der Waals surface area contributed by atoms with Crippen molar-refractivity contribution in [3.63, 3.8) is 0 Å². The van der Waals surface area contributed by atoms with Crippen LogP contribution in [0.5, 0.6) is 0 Å². The van der Waals surface area contributed by atoms with Crippen LogP contribution in [0.1, 0.15) is 20.3 Å². The number of carbonyl (C=O) groups excluding carboxylic acids is 1. The van der Waals surface area contributed by atoms with Gasteiger partial charge in [0.15, 0.2) is 0 Å². The zero-order valence-electron chi connectivity index (χ0n) is 13.8. The quantitative estimate of drug-likeness (QED) is 0.326. The van der Waals surface area contributed by atoms with Gasteiger partial charge in [-0.15, -0.1) is 0 Å². The van der Waals surface area contributed by atoms with Crippen LogP contribution >= 0.6 is 0 Å². The van der Waals surface area contributed by atoms with E-state index in [0.717, 1.165) is 6.92 Å². The van der Waals surface area contributed by atoms with E-state index in [4.69, 9.17) is 0 Å². The van der Waals surface area contributed by atoms with Gasteiger partial charge in [-0.3, -0.25) is 4.79 Å². The number of alkyl halides is 15. The fourth-order valence-corrected chi connectivity index (χ4v) is 1.41. The molecule has 0 aliphatic carbocycles. The smallest absolute Gasteiger partial charge is 0.396 e. The number of esters is 1. The molecule has 1 atom stereocenters. The van der Waals surface area contributed by atoms with Crippen molar-refractivity contribution >= 4 is 5.97 Å². The molecular weight excluding hydrogens is 461 g/mol. The van der Waals surface area contributed by atoms with Crippen molar-refractivity contribution in [3.8, 4) is 0 Å². The number of carbonyl (C=O) groups is 1. The summed E-state index contributed by atoms with van der Waals surface area (Å²) in [7, 11) is 0. The molecule has 0 aromatic rings. The molecule has 17 heteroatoms. The van der Waals surface area contributed by atoms with Gasteiger partial charge in [-0.25, -0.2) is 0 Å². The molecule has 174 valence electrons. The molecule has 1 unspecified atom stereocenters. The summed E-state index contributed by atoms with van der Waals surface area (Å²) in [5, 5.41) is 0. The Morgan fingerprint density at radius 2 is 0.966 bits per heavy atom. The predicted molar refractivity (Wildman–Crippen MR) is 61.3 cm³/mol. The van der Waals surface area contributed by atoms with E-state index in [2.05, 4.69) is 4.74 Å². The minimum atomic E-state index is -8.41. The maximum atomic E-state index is 13.3. The van der Waals surface area contributed by atoms with E-state index in [1.165, 1.54) is 0 Å². The molecule has 0 aromatic carbocycles. The van der Waals surface area contributed by atoms with E-state index in [-0.39, 0.29) is 0 Å². The fraction of sp³-hybridized carbons (Fsp3) is 0.917. The van der Waals surface area contributed by atoms with Gasteiger partial charge in [0.05, 0.1) is 5.92 Å². The summed E-state index contributed by atoms with van der Waals surface area (Å²) in [4.78, 5) is 11.0. The topological polar surface area (TPSA) is 26.3 Å². The van der Waals surface area contributed by atoms with Crippen LogP contribution in [0, 0.1) is 5.92 Å². The van der Waals surface area contributed by atoms with Crippen LogP contribution in [-0.2, 0) is 9.53 Å². The van der Waals surface area contributed by atoms with Crippen molar-refractivity contribution < 1.29 is 75.4 Å². The number of hydrogen-bond donors (Lipinski definition) is 0. The second-order valence-electron chi connectivity index (χ2n) is 5.62. The highest BCUT2D eigenvalue weighted by atomic mass is 19.4. The van der Waals surface area contributed by atoms with Gasteiger partial charge < -0.3 is 4.74 Å². The SMILES string of the molecule is CCC(C)C(=O)OC(F)(F)C(F)(F)C(F)(F)C(F)(F)C(F)(F)C(F)(F)C(F)(F)F. The molecular formula is C12H9F15O2. The van der Waals surface area contributed by atoms with Crippen LogP contribution in [0.15, 0.2) is 0 Å². The molecule has 0 amide bonds. The van der Waals surface area contributed by atoms with Gasteiger partial charge in [0, 0.05) is 0 Å². The van der Waals surface area contributed by atoms with Gasteiger partial charge in [0.1, 0.15) is 0 Å². The van der Waals surface area contributed by atoms with E-state index < -0.39 is 60.2 Å². The molecule has 0 N–H and O–H groups in total. The molecule has 0 aliphatic rings. The van der Waals surface area contributed by atoms with Crippen molar-refractivity contribution in [2.24, 2.45) is 5.92 Å². The highest BCUT2D eigenvalue weighted by molar-refractivity contribution is 5.72. The average Bonchev–Trinajstić information content (AvgIpc) is 2.51. The lowest BCUT2D eigenvalue weighted by Gasteiger charge is -2.40. The molecule has 2 nitrogen and oxygen atoms in total. The summed E-state index contributed by atoms with van der Waals surface area (Å²) in [5.41, 5.74) is 0. The van der Waals surface area contributed by atoms with Gasteiger partial charge in [0.2, 0.25) is 0 Å². The summed E-state index contributed by atoms with van der Waals surface area (Å²) in [5.74, 6) is -45.1. The third kappa shape index (κ3) is 3.92. The van der Waals surface area contributed by atoms with Crippen LogP contribution in [0.4, 0.5) is 65.9 Å². The molecule has 0 fully saturated rings. The summed E-state index contributed by atoms with van der Waals surface area (Å²) in [6.07, 6.45) is -15.1. The molecule has 0 heterocycles. The minimum absolute atomic E-state index is 0.455. The second-order valence-corrected chi connectivity index (χ2v) is 5.62. The number of hydrogen-bond acceptors (Lipinski definition) is 2. The molecule has 0 aromatic heterocycles. The minimum Gasteiger partial charge on any atom is -0.396 e. The average molecular weight is 470 g/mol. The van der Waals surface area contributed by atoms with Gasteiger partial charge >= 0.3 is 47.9 Å². The van der Waals surface area contributed by atoms with Gasteiger partial charge in [0.25, 0.3) is 0 Å².